The van der Waals surface area contributed by atoms with Crippen molar-refractivity contribution < 1.29 is 14.6 Å². The van der Waals surface area contributed by atoms with Gasteiger partial charge in [-0.15, -0.1) is 0 Å². The van der Waals surface area contributed by atoms with Crippen molar-refractivity contribution in [1.29, 1.82) is 0 Å². The van der Waals surface area contributed by atoms with Crippen LogP contribution in [0.15, 0.2) is 24.3 Å². The van der Waals surface area contributed by atoms with Gasteiger partial charge in [-0.25, -0.2) is 4.79 Å². The first-order valence-corrected chi connectivity index (χ1v) is 5.69. The zero-order valence-electron chi connectivity index (χ0n) is 9.40. The Morgan fingerprint density at radius 2 is 1.94 bits per heavy atom. The monoisotopic (exact) mass is 242 g/mol. The van der Waals surface area contributed by atoms with Crippen LogP contribution < -0.4 is 4.89 Å². The molecule has 0 spiro atoms. The summed E-state index contributed by atoms with van der Waals surface area (Å²) >= 11 is 5.84. The van der Waals surface area contributed by atoms with E-state index in [1.54, 1.807) is 24.3 Å². The molecule has 0 N–H and O–H groups in total. The largest absolute Gasteiger partial charge is 0.358 e. The van der Waals surface area contributed by atoms with Crippen molar-refractivity contribution in [1.82, 2.24) is 0 Å². The number of carbonyl (C=O) groups excluding carboxylic acids is 1. The Hall–Kier alpha value is -1.22. The lowest BCUT2D eigenvalue weighted by Crippen LogP contribution is -2.18. The number of hydrogen-bond acceptors (Lipinski definition) is 3. The number of hydrogen-bond donors (Lipinski definition) is 0. The van der Waals surface area contributed by atoms with Gasteiger partial charge < -0.3 is 0 Å². The van der Waals surface area contributed by atoms with Gasteiger partial charge in [-0.2, -0.15) is 0 Å². The summed E-state index contributed by atoms with van der Waals surface area (Å²) in [6, 6.07) is 6.84. The normalized spacial score (nSPS) is 10.2. The second-order valence-electron chi connectivity index (χ2n) is 3.43. The van der Waals surface area contributed by atoms with Gasteiger partial charge in [0.05, 0.1) is 10.9 Å². The molecule has 0 bridgehead atoms. The molecule has 1 rings (SSSR count). The predicted octanol–water partition coefficient (Wildman–Crippen LogP) is 3.61. The third-order valence-corrected chi connectivity index (χ3v) is 2.68. The molecule has 0 saturated carbocycles. The van der Waals surface area contributed by atoms with Gasteiger partial charge in [0.15, 0.2) is 5.75 Å². The van der Waals surface area contributed by atoms with E-state index in [9.17, 15) is 4.79 Å². The topological polar surface area (TPSA) is 35.5 Å². The van der Waals surface area contributed by atoms with E-state index in [0.717, 1.165) is 12.8 Å². The molecule has 4 heteroatoms. The molecule has 0 aromatic heterocycles. The van der Waals surface area contributed by atoms with Crippen LogP contribution in [0.4, 0.5) is 0 Å². The first-order valence-electron chi connectivity index (χ1n) is 5.31. The molecule has 0 atom stereocenters. The van der Waals surface area contributed by atoms with Crippen molar-refractivity contribution in [2.75, 3.05) is 0 Å². The zero-order chi connectivity index (χ0) is 12.0. The van der Waals surface area contributed by atoms with E-state index in [2.05, 4.69) is 0 Å². The lowest BCUT2D eigenvalue weighted by Gasteiger charge is -2.10. The molecule has 0 saturated heterocycles. The van der Waals surface area contributed by atoms with Gasteiger partial charge in [0.2, 0.25) is 0 Å². The molecule has 0 aliphatic rings. The summed E-state index contributed by atoms with van der Waals surface area (Å²) in [7, 11) is 0. The van der Waals surface area contributed by atoms with E-state index in [-0.39, 0.29) is 11.9 Å². The van der Waals surface area contributed by atoms with Gasteiger partial charge in [0.1, 0.15) is 0 Å². The van der Waals surface area contributed by atoms with E-state index < -0.39 is 0 Å². The number of rotatable bonds is 5. The van der Waals surface area contributed by atoms with Crippen LogP contribution in [0.1, 0.15) is 26.7 Å². The van der Waals surface area contributed by atoms with Crippen molar-refractivity contribution in [2.45, 2.75) is 26.7 Å². The molecule has 0 aliphatic carbocycles. The Bertz CT molecular complexity index is 348. The maximum Gasteiger partial charge on any atom is 0.358 e. The van der Waals surface area contributed by atoms with E-state index >= 15 is 0 Å². The van der Waals surface area contributed by atoms with Crippen LogP contribution in [-0.4, -0.2) is 5.97 Å². The van der Waals surface area contributed by atoms with Gasteiger partial charge in [0.25, 0.3) is 0 Å². The Labute approximate surface area is 100 Å². The fourth-order valence-electron chi connectivity index (χ4n) is 1.29. The molecule has 0 radical (unpaired) electrons. The van der Waals surface area contributed by atoms with E-state index in [1.165, 1.54) is 0 Å². The van der Waals surface area contributed by atoms with Crippen LogP contribution in [0.3, 0.4) is 0 Å². The first kappa shape index (κ1) is 12.8. The maximum absolute atomic E-state index is 11.5. The summed E-state index contributed by atoms with van der Waals surface area (Å²) in [5, 5.41) is 0.417. The molecular formula is C12H15ClO3. The summed E-state index contributed by atoms with van der Waals surface area (Å²) in [6.45, 7) is 3.87. The highest BCUT2D eigenvalue weighted by Gasteiger charge is 2.17. The standard InChI is InChI=1S/C12H15ClO3/c1-3-9(4-2)12(14)16-15-11-8-6-5-7-10(11)13/h5-9H,3-4H2,1-2H3. The summed E-state index contributed by atoms with van der Waals surface area (Å²) < 4.78 is 0. The Kier molecular flexibility index (Phi) is 5.12. The number of carbonyl (C=O) groups is 1. The van der Waals surface area contributed by atoms with Crippen molar-refractivity contribution in [3.05, 3.63) is 29.3 Å². The second kappa shape index (κ2) is 6.38. The molecule has 0 aliphatic heterocycles. The summed E-state index contributed by atoms with van der Waals surface area (Å²) in [6.07, 6.45) is 1.47. The van der Waals surface area contributed by atoms with Gasteiger partial charge in [-0.05, 0) is 25.0 Å². The highest BCUT2D eigenvalue weighted by Crippen LogP contribution is 2.23. The van der Waals surface area contributed by atoms with E-state index in [1.807, 2.05) is 13.8 Å². The molecule has 16 heavy (non-hydrogen) atoms. The molecule has 1 aromatic carbocycles. The van der Waals surface area contributed by atoms with Crippen molar-refractivity contribution in [3.63, 3.8) is 0 Å². The van der Waals surface area contributed by atoms with Gasteiger partial charge in [-0.3, -0.25) is 9.78 Å². The SMILES string of the molecule is CCC(CC)C(=O)OOc1ccccc1Cl. The zero-order valence-corrected chi connectivity index (χ0v) is 10.2. The van der Waals surface area contributed by atoms with Gasteiger partial charge >= 0.3 is 5.97 Å². The average Bonchev–Trinajstić information content (AvgIpc) is 2.29. The third-order valence-electron chi connectivity index (χ3n) is 2.37. The molecule has 3 nitrogen and oxygen atoms in total. The number of benzene rings is 1. The number of para-hydroxylation sites is 1. The minimum atomic E-state index is -0.357. The maximum atomic E-state index is 11.5. The molecule has 0 amide bonds. The Morgan fingerprint density at radius 3 is 2.50 bits per heavy atom. The highest BCUT2D eigenvalue weighted by atomic mass is 35.5. The second-order valence-corrected chi connectivity index (χ2v) is 3.84. The molecule has 0 unspecified atom stereocenters. The van der Waals surface area contributed by atoms with Crippen LogP contribution in [0, 0.1) is 5.92 Å². The van der Waals surface area contributed by atoms with Crippen LogP contribution in [0.5, 0.6) is 5.75 Å². The molecular weight excluding hydrogens is 228 g/mol. The van der Waals surface area contributed by atoms with E-state index in [0.29, 0.717) is 10.8 Å². The molecule has 0 fully saturated rings. The lowest BCUT2D eigenvalue weighted by molar-refractivity contribution is -0.219. The first-order chi connectivity index (χ1) is 7.69. The quantitative estimate of drug-likeness (QED) is 0.584. The van der Waals surface area contributed by atoms with Crippen LogP contribution in [0.25, 0.3) is 0 Å². The van der Waals surface area contributed by atoms with E-state index in [4.69, 9.17) is 21.4 Å². The average molecular weight is 243 g/mol. The smallest absolute Gasteiger partial charge is 0.285 e. The summed E-state index contributed by atoms with van der Waals surface area (Å²) in [5.41, 5.74) is 0. The molecule has 1 aromatic rings. The lowest BCUT2D eigenvalue weighted by atomic mass is 10.0. The third kappa shape index (κ3) is 3.42. The number of halogens is 1. The van der Waals surface area contributed by atoms with Crippen molar-refractivity contribution >= 4 is 17.6 Å². The van der Waals surface area contributed by atoms with Crippen molar-refractivity contribution in [2.24, 2.45) is 5.92 Å². The summed E-state index contributed by atoms with van der Waals surface area (Å²) in [5.74, 6) is -0.129. The van der Waals surface area contributed by atoms with Crippen molar-refractivity contribution in [3.8, 4) is 5.75 Å². The summed E-state index contributed by atoms with van der Waals surface area (Å²) in [4.78, 5) is 21.1. The fourth-order valence-corrected chi connectivity index (χ4v) is 1.46. The van der Waals surface area contributed by atoms with Crippen LogP contribution >= 0.6 is 11.6 Å². The predicted molar refractivity (Wildman–Crippen MR) is 62.2 cm³/mol. The minimum Gasteiger partial charge on any atom is -0.285 e. The Balaban J connectivity index is 2.52. The van der Waals surface area contributed by atoms with Gasteiger partial charge in [-0.1, -0.05) is 37.6 Å². The highest BCUT2D eigenvalue weighted by molar-refractivity contribution is 6.32. The minimum absolute atomic E-state index is 0.123. The van der Waals surface area contributed by atoms with Crippen LogP contribution in [-0.2, 0) is 9.68 Å². The fraction of sp³-hybridized carbons (Fsp3) is 0.417. The van der Waals surface area contributed by atoms with Gasteiger partial charge in [0, 0.05) is 0 Å². The van der Waals surface area contributed by atoms with Crippen LogP contribution in [0.2, 0.25) is 5.02 Å². The Morgan fingerprint density at radius 1 is 1.31 bits per heavy atom. The molecule has 88 valence electrons. The molecule has 0 heterocycles.